The van der Waals surface area contributed by atoms with Gasteiger partial charge < -0.3 is 5.32 Å². The van der Waals surface area contributed by atoms with Gasteiger partial charge in [0.1, 0.15) is 6.54 Å². The van der Waals surface area contributed by atoms with E-state index in [0.29, 0.717) is 10.7 Å². The molecule has 0 bridgehead atoms. The van der Waals surface area contributed by atoms with E-state index in [1.54, 1.807) is 12.1 Å². The van der Waals surface area contributed by atoms with Crippen molar-refractivity contribution in [1.82, 2.24) is 5.32 Å². The van der Waals surface area contributed by atoms with E-state index < -0.39 is 10.0 Å². The summed E-state index contributed by atoms with van der Waals surface area (Å²) in [5, 5.41) is 3.42. The third-order valence-corrected chi connectivity index (χ3v) is 8.30. The SMILES string of the molecule is Cc1ccc(N(CC(=O)N[C@@H](C)c2ccc3c(c2)CCCC3)S(=O)(=O)c2ccc(Cl)cc2)cc1. The first-order valence-corrected chi connectivity index (χ1v) is 13.3. The number of aryl methyl sites for hydroxylation is 3. The molecule has 7 heteroatoms. The number of halogens is 1. The summed E-state index contributed by atoms with van der Waals surface area (Å²) in [5.41, 5.74) is 5.18. The molecule has 1 N–H and O–H groups in total. The van der Waals surface area contributed by atoms with Crippen LogP contribution in [0.1, 0.15) is 48.1 Å². The molecule has 0 aliphatic heterocycles. The highest BCUT2D eigenvalue weighted by molar-refractivity contribution is 7.92. The quantitative estimate of drug-likeness (QED) is 0.463. The summed E-state index contributed by atoms with van der Waals surface area (Å²) in [6.07, 6.45) is 4.57. The van der Waals surface area contributed by atoms with Crippen LogP contribution in [-0.4, -0.2) is 20.9 Å². The number of benzene rings is 3. The van der Waals surface area contributed by atoms with Crippen LogP contribution in [0, 0.1) is 6.92 Å². The molecular weight excluding hydrogens is 468 g/mol. The van der Waals surface area contributed by atoms with Gasteiger partial charge in [0.2, 0.25) is 5.91 Å². The van der Waals surface area contributed by atoms with Crippen molar-refractivity contribution < 1.29 is 13.2 Å². The minimum Gasteiger partial charge on any atom is -0.348 e. The lowest BCUT2D eigenvalue weighted by Crippen LogP contribution is -2.41. The third-order valence-electron chi connectivity index (χ3n) is 6.26. The lowest BCUT2D eigenvalue weighted by molar-refractivity contribution is -0.120. The maximum Gasteiger partial charge on any atom is 0.264 e. The Hall–Kier alpha value is -2.83. The molecular formula is C27H29ClN2O3S. The highest BCUT2D eigenvalue weighted by atomic mass is 35.5. The van der Waals surface area contributed by atoms with Gasteiger partial charge in [-0.3, -0.25) is 9.10 Å². The van der Waals surface area contributed by atoms with Crippen LogP contribution < -0.4 is 9.62 Å². The van der Waals surface area contributed by atoms with Gasteiger partial charge in [-0.05, 0) is 92.6 Å². The van der Waals surface area contributed by atoms with Crippen molar-refractivity contribution in [3.63, 3.8) is 0 Å². The van der Waals surface area contributed by atoms with Crippen molar-refractivity contribution in [2.45, 2.75) is 50.5 Å². The molecule has 5 nitrogen and oxygen atoms in total. The molecule has 0 unspecified atom stereocenters. The van der Waals surface area contributed by atoms with Crippen molar-refractivity contribution >= 4 is 33.2 Å². The number of carbonyl (C=O) groups is 1. The summed E-state index contributed by atoms with van der Waals surface area (Å²) in [7, 11) is -3.98. The molecule has 0 heterocycles. The zero-order valence-corrected chi connectivity index (χ0v) is 21.0. The van der Waals surface area contributed by atoms with Crippen LogP contribution in [-0.2, 0) is 27.7 Å². The summed E-state index contributed by atoms with van der Waals surface area (Å²) >= 11 is 5.95. The lowest BCUT2D eigenvalue weighted by atomic mass is 9.89. The fraction of sp³-hybridized carbons (Fsp3) is 0.296. The Balaban J connectivity index is 1.56. The summed E-state index contributed by atoms with van der Waals surface area (Å²) in [6.45, 7) is 3.52. The maximum atomic E-state index is 13.5. The largest absolute Gasteiger partial charge is 0.348 e. The van der Waals surface area contributed by atoms with Crippen molar-refractivity contribution in [1.29, 1.82) is 0 Å². The standard InChI is InChI=1S/C27H29ClN2O3S/c1-19-7-13-25(14-8-19)30(34(32,33)26-15-11-24(28)12-16-26)18-27(31)29-20(2)22-10-9-21-5-3-4-6-23(21)17-22/h7-17,20H,3-6,18H2,1-2H3,(H,29,31)/t20-/m0/s1. The van der Waals surface area contributed by atoms with E-state index in [2.05, 4.69) is 23.5 Å². The number of hydrogen-bond acceptors (Lipinski definition) is 3. The first kappa shape index (κ1) is 24.3. The minimum absolute atomic E-state index is 0.0769. The molecule has 0 fully saturated rings. The van der Waals surface area contributed by atoms with Crippen molar-refractivity contribution in [3.05, 3.63) is 94.0 Å². The molecule has 178 valence electrons. The number of nitrogens with one attached hydrogen (secondary N) is 1. The van der Waals surface area contributed by atoms with E-state index in [-0.39, 0.29) is 23.4 Å². The number of hydrogen-bond donors (Lipinski definition) is 1. The number of rotatable bonds is 7. The predicted molar refractivity (Wildman–Crippen MR) is 137 cm³/mol. The fourth-order valence-electron chi connectivity index (χ4n) is 4.28. The number of fused-ring (bicyclic) bond motifs is 1. The van der Waals surface area contributed by atoms with E-state index >= 15 is 0 Å². The average Bonchev–Trinajstić information content (AvgIpc) is 2.83. The monoisotopic (exact) mass is 496 g/mol. The molecule has 0 radical (unpaired) electrons. The van der Waals surface area contributed by atoms with Gasteiger partial charge in [0, 0.05) is 5.02 Å². The zero-order chi connectivity index (χ0) is 24.3. The summed E-state index contributed by atoms with van der Waals surface area (Å²) in [6, 6.07) is 19.2. The lowest BCUT2D eigenvalue weighted by Gasteiger charge is -2.25. The first-order chi connectivity index (χ1) is 16.2. The molecule has 1 amide bonds. The van der Waals surface area contributed by atoms with Crippen LogP contribution in [0.4, 0.5) is 5.69 Å². The van der Waals surface area contributed by atoms with E-state index in [1.807, 2.05) is 26.0 Å². The summed E-state index contributed by atoms with van der Waals surface area (Å²) in [4.78, 5) is 13.1. The van der Waals surface area contributed by atoms with Gasteiger partial charge in [0.15, 0.2) is 0 Å². The Kier molecular flexibility index (Phi) is 7.29. The zero-order valence-electron chi connectivity index (χ0n) is 19.4. The van der Waals surface area contributed by atoms with Gasteiger partial charge >= 0.3 is 0 Å². The van der Waals surface area contributed by atoms with Crippen LogP contribution in [0.25, 0.3) is 0 Å². The Labute approximate surface area is 206 Å². The number of amides is 1. The molecule has 0 saturated carbocycles. The van der Waals surface area contributed by atoms with E-state index in [4.69, 9.17) is 11.6 Å². The van der Waals surface area contributed by atoms with Gasteiger partial charge in [-0.15, -0.1) is 0 Å². The second-order valence-electron chi connectivity index (χ2n) is 8.83. The van der Waals surface area contributed by atoms with Crippen molar-refractivity contribution in [2.24, 2.45) is 0 Å². The Morgan fingerprint density at radius 2 is 1.62 bits per heavy atom. The first-order valence-electron chi connectivity index (χ1n) is 11.5. The van der Waals surface area contributed by atoms with E-state index in [9.17, 15) is 13.2 Å². The second kappa shape index (κ2) is 10.2. The molecule has 0 spiro atoms. The Bertz CT molecular complexity index is 1270. The average molecular weight is 497 g/mol. The summed E-state index contributed by atoms with van der Waals surface area (Å²) in [5.74, 6) is -0.372. The molecule has 1 atom stereocenters. The van der Waals surface area contributed by atoms with Crippen molar-refractivity contribution in [3.8, 4) is 0 Å². The molecule has 0 aromatic heterocycles. The van der Waals surface area contributed by atoms with Crippen LogP contribution >= 0.6 is 11.6 Å². The molecule has 3 aromatic carbocycles. The summed E-state index contributed by atoms with van der Waals surface area (Å²) < 4.78 is 28.1. The molecule has 4 rings (SSSR count). The molecule has 34 heavy (non-hydrogen) atoms. The highest BCUT2D eigenvalue weighted by Gasteiger charge is 2.28. The van der Waals surface area contributed by atoms with Gasteiger partial charge in [-0.1, -0.05) is 47.5 Å². The third kappa shape index (κ3) is 5.45. The minimum atomic E-state index is -3.98. The van der Waals surface area contributed by atoms with Gasteiger partial charge in [0.05, 0.1) is 16.6 Å². The van der Waals surface area contributed by atoms with E-state index in [0.717, 1.165) is 28.3 Å². The Morgan fingerprint density at radius 3 is 2.29 bits per heavy atom. The smallest absolute Gasteiger partial charge is 0.264 e. The fourth-order valence-corrected chi connectivity index (χ4v) is 5.83. The number of sulfonamides is 1. The van der Waals surface area contributed by atoms with Crippen LogP contribution in [0.3, 0.4) is 0 Å². The molecule has 1 aliphatic carbocycles. The topological polar surface area (TPSA) is 66.5 Å². The van der Waals surface area contributed by atoms with E-state index in [1.165, 1.54) is 48.2 Å². The van der Waals surface area contributed by atoms with Crippen LogP contribution in [0.2, 0.25) is 5.02 Å². The van der Waals surface area contributed by atoms with Crippen LogP contribution in [0.5, 0.6) is 0 Å². The van der Waals surface area contributed by atoms with Gasteiger partial charge in [-0.2, -0.15) is 0 Å². The normalized spacial score (nSPS) is 14.2. The molecule has 3 aromatic rings. The van der Waals surface area contributed by atoms with Gasteiger partial charge in [-0.25, -0.2) is 8.42 Å². The number of anilines is 1. The maximum absolute atomic E-state index is 13.5. The predicted octanol–water partition coefficient (Wildman–Crippen LogP) is 5.60. The van der Waals surface area contributed by atoms with Crippen LogP contribution in [0.15, 0.2) is 71.6 Å². The van der Waals surface area contributed by atoms with Gasteiger partial charge in [0.25, 0.3) is 10.0 Å². The number of nitrogens with zero attached hydrogens (tertiary/aromatic N) is 1. The second-order valence-corrected chi connectivity index (χ2v) is 11.1. The Morgan fingerprint density at radius 1 is 0.971 bits per heavy atom. The number of carbonyl (C=O) groups excluding carboxylic acids is 1. The van der Waals surface area contributed by atoms with Crippen molar-refractivity contribution in [2.75, 3.05) is 10.8 Å². The molecule has 0 saturated heterocycles. The molecule has 1 aliphatic rings. The highest BCUT2D eigenvalue weighted by Crippen LogP contribution is 2.27.